The number of piperidine rings is 1. The average molecular weight is 225 g/mol. The molecule has 2 atom stereocenters. The van der Waals surface area contributed by atoms with Crippen LogP contribution >= 0.6 is 0 Å². The summed E-state index contributed by atoms with van der Waals surface area (Å²) < 4.78 is 0. The van der Waals surface area contributed by atoms with E-state index in [0.717, 1.165) is 6.42 Å². The maximum Gasteiger partial charge on any atom is 0.244 e. The van der Waals surface area contributed by atoms with E-state index in [9.17, 15) is 14.4 Å². The van der Waals surface area contributed by atoms with Gasteiger partial charge in [-0.1, -0.05) is 0 Å². The van der Waals surface area contributed by atoms with Gasteiger partial charge in [0, 0.05) is 26.1 Å². The number of nitrogens with one attached hydrogen (secondary N) is 2. The molecule has 0 aliphatic carbocycles. The first-order valence-electron chi connectivity index (χ1n) is 5.40. The quantitative estimate of drug-likeness (QED) is 0.567. The SMILES string of the molecule is CN1C[C@H](N[C@@H]2CC(=O)NC2=O)CCC1=O. The lowest BCUT2D eigenvalue weighted by molar-refractivity contribution is -0.132. The summed E-state index contributed by atoms with van der Waals surface area (Å²) in [7, 11) is 1.75. The third-order valence-corrected chi connectivity index (χ3v) is 3.03. The molecule has 2 heterocycles. The zero-order valence-corrected chi connectivity index (χ0v) is 9.16. The lowest BCUT2D eigenvalue weighted by Gasteiger charge is -2.31. The van der Waals surface area contributed by atoms with Crippen molar-refractivity contribution in [2.75, 3.05) is 13.6 Å². The monoisotopic (exact) mass is 225 g/mol. The Kier molecular flexibility index (Phi) is 2.91. The number of amides is 3. The smallest absolute Gasteiger partial charge is 0.244 e. The Morgan fingerprint density at radius 1 is 1.38 bits per heavy atom. The summed E-state index contributed by atoms with van der Waals surface area (Å²) in [6.07, 6.45) is 1.42. The van der Waals surface area contributed by atoms with Gasteiger partial charge in [-0.25, -0.2) is 0 Å². The maximum absolute atomic E-state index is 11.3. The van der Waals surface area contributed by atoms with Crippen molar-refractivity contribution in [1.29, 1.82) is 0 Å². The zero-order valence-electron chi connectivity index (χ0n) is 9.16. The molecule has 3 amide bonds. The van der Waals surface area contributed by atoms with Crippen LogP contribution in [-0.4, -0.2) is 48.3 Å². The molecule has 0 aromatic carbocycles. The van der Waals surface area contributed by atoms with Crippen molar-refractivity contribution >= 4 is 17.7 Å². The summed E-state index contributed by atoms with van der Waals surface area (Å²) in [6.45, 7) is 0.594. The molecule has 2 fully saturated rings. The molecule has 0 saturated carbocycles. The lowest BCUT2D eigenvalue weighted by Crippen LogP contribution is -2.51. The van der Waals surface area contributed by atoms with Gasteiger partial charge in [-0.15, -0.1) is 0 Å². The highest BCUT2D eigenvalue weighted by atomic mass is 16.2. The molecule has 2 N–H and O–H groups in total. The first-order valence-corrected chi connectivity index (χ1v) is 5.40. The van der Waals surface area contributed by atoms with Gasteiger partial charge in [0.1, 0.15) is 0 Å². The van der Waals surface area contributed by atoms with Crippen molar-refractivity contribution in [2.24, 2.45) is 0 Å². The normalized spacial score (nSPS) is 30.8. The van der Waals surface area contributed by atoms with Gasteiger partial charge in [0.15, 0.2) is 0 Å². The number of nitrogens with zero attached hydrogens (tertiary/aromatic N) is 1. The van der Waals surface area contributed by atoms with E-state index in [-0.39, 0.29) is 30.2 Å². The Morgan fingerprint density at radius 2 is 2.12 bits per heavy atom. The lowest BCUT2D eigenvalue weighted by atomic mass is 10.0. The van der Waals surface area contributed by atoms with Gasteiger partial charge >= 0.3 is 0 Å². The second-order valence-corrected chi connectivity index (χ2v) is 4.35. The summed E-state index contributed by atoms with van der Waals surface area (Å²) in [5.74, 6) is -0.364. The second-order valence-electron chi connectivity index (χ2n) is 4.35. The fraction of sp³-hybridized carbons (Fsp3) is 0.700. The number of hydrogen-bond donors (Lipinski definition) is 2. The van der Waals surface area contributed by atoms with Crippen LogP contribution in [0.4, 0.5) is 0 Å². The van der Waals surface area contributed by atoms with Crippen LogP contribution in [0.2, 0.25) is 0 Å². The number of hydrogen-bond acceptors (Lipinski definition) is 4. The number of likely N-dealkylation sites (tertiary alicyclic amines) is 1. The van der Waals surface area contributed by atoms with Gasteiger partial charge in [-0.2, -0.15) is 0 Å². The highest BCUT2D eigenvalue weighted by molar-refractivity contribution is 6.05. The van der Waals surface area contributed by atoms with Crippen molar-refractivity contribution in [3.63, 3.8) is 0 Å². The summed E-state index contributed by atoms with van der Waals surface area (Å²) in [4.78, 5) is 35.2. The molecule has 6 heteroatoms. The number of rotatable bonds is 2. The van der Waals surface area contributed by atoms with Gasteiger partial charge in [0.25, 0.3) is 0 Å². The van der Waals surface area contributed by atoms with Crippen LogP contribution in [0, 0.1) is 0 Å². The van der Waals surface area contributed by atoms with Crippen LogP contribution in [-0.2, 0) is 14.4 Å². The van der Waals surface area contributed by atoms with Crippen LogP contribution in [0.5, 0.6) is 0 Å². The molecule has 2 rings (SSSR count). The predicted molar refractivity (Wildman–Crippen MR) is 55.3 cm³/mol. The van der Waals surface area contributed by atoms with Crippen LogP contribution in [0.3, 0.4) is 0 Å². The maximum atomic E-state index is 11.3. The summed E-state index contributed by atoms with van der Waals surface area (Å²) >= 11 is 0. The topological polar surface area (TPSA) is 78.5 Å². The Balaban J connectivity index is 1.88. The minimum atomic E-state index is -0.431. The van der Waals surface area contributed by atoms with Gasteiger partial charge in [0.2, 0.25) is 17.7 Å². The fourth-order valence-corrected chi connectivity index (χ4v) is 2.12. The van der Waals surface area contributed by atoms with Crippen LogP contribution in [0.15, 0.2) is 0 Å². The molecular weight excluding hydrogens is 210 g/mol. The Bertz CT molecular complexity index is 342. The van der Waals surface area contributed by atoms with Crippen molar-refractivity contribution in [3.8, 4) is 0 Å². The molecule has 16 heavy (non-hydrogen) atoms. The third-order valence-electron chi connectivity index (χ3n) is 3.03. The molecule has 2 saturated heterocycles. The molecule has 0 radical (unpaired) electrons. The molecule has 0 aromatic heterocycles. The Hall–Kier alpha value is -1.43. The summed E-state index contributed by atoms with van der Waals surface area (Å²) in [5, 5.41) is 5.38. The standard InChI is InChI=1S/C10H15N3O3/c1-13-5-6(2-3-9(13)15)11-7-4-8(14)12-10(7)16/h6-7,11H,2-5H2,1H3,(H,12,14,16)/t6-,7-/m1/s1. The Labute approximate surface area is 93.4 Å². The van der Waals surface area contributed by atoms with Crippen molar-refractivity contribution in [3.05, 3.63) is 0 Å². The fourth-order valence-electron chi connectivity index (χ4n) is 2.12. The molecule has 0 spiro atoms. The van der Waals surface area contributed by atoms with Crippen molar-refractivity contribution in [1.82, 2.24) is 15.5 Å². The van der Waals surface area contributed by atoms with Crippen LogP contribution in [0.25, 0.3) is 0 Å². The number of likely N-dealkylation sites (N-methyl/N-ethyl adjacent to an activating group) is 1. The van der Waals surface area contributed by atoms with Gasteiger partial charge in [0.05, 0.1) is 12.5 Å². The third kappa shape index (κ3) is 2.21. The van der Waals surface area contributed by atoms with E-state index in [1.165, 1.54) is 0 Å². The minimum absolute atomic E-state index is 0.101. The molecule has 0 unspecified atom stereocenters. The predicted octanol–water partition coefficient (Wildman–Crippen LogP) is -1.39. The second kappa shape index (κ2) is 4.21. The number of carbonyl (C=O) groups is 3. The molecule has 2 aliphatic rings. The van der Waals surface area contributed by atoms with E-state index in [1.54, 1.807) is 11.9 Å². The largest absolute Gasteiger partial charge is 0.344 e. The van der Waals surface area contributed by atoms with Gasteiger partial charge in [-0.3, -0.25) is 19.7 Å². The Morgan fingerprint density at radius 3 is 2.69 bits per heavy atom. The summed E-state index contributed by atoms with van der Waals surface area (Å²) in [6, 6.07) is -0.330. The minimum Gasteiger partial charge on any atom is -0.344 e. The van der Waals surface area contributed by atoms with E-state index in [2.05, 4.69) is 10.6 Å². The average Bonchev–Trinajstić information content (AvgIpc) is 2.51. The van der Waals surface area contributed by atoms with E-state index in [1.807, 2.05) is 0 Å². The molecular formula is C10H15N3O3. The molecule has 2 aliphatic heterocycles. The van der Waals surface area contributed by atoms with Gasteiger partial charge < -0.3 is 10.2 Å². The number of carbonyl (C=O) groups excluding carboxylic acids is 3. The highest BCUT2D eigenvalue weighted by Gasteiger charge is 2.33. The highest BCUT2D eigenvalue weighted by Crippen LogP contribution is 2.12. The van der Waals surface area contributed by atoms with E-state index in [4.69, 9.17) is 0 Å². The summed E-state index contributed by atoms with van der Waals surface area (Å²) in [5.41, 5.74) is 0. The van der Waals surface area contributed by atoms with E-state index in [0.29, 0.717) is 13.0 Å². The molecule has 88 valence electrons. The molecule has 0 bridgehead atoms. The molecule has 6 nitrogen and oxygen atoms in total. The zero-order chi connectivity index (χ0) is 11.7. The van der Waals surface area contributed by atoms with Crippen molar-refractivity contribution < 1.29 is 14.4 Å². The van der Waals surface area contributed by atoms with Crippen molar-refractivity contribution in [2.45, 2.75) is 31.3 Å². The van der Waals surface area contributed by atoms with Gasteiger partial charge in [-0.05, 0) is 6.42 Å². The first-order chi connectivity index (χ1) is 7.56. The van der Waals surface area contributed by atoms with Crippen LogP contribution in [0.1, 0.15) is 19.3 Å². The van der Waals surface area contributed by atoms with Crippen LogP contribution < -0.4 is 10.6 Å². The van der Waals surface area contributed by atoms with E-state index < -0.39 is 6.04 Å². The van der Waals surface area contributed by atoms with E-state index >= 15 is 0 Å². The number of imide groups is 1. The first kappa shape index (κ1) is 11.1. The molecule has 0 aromatic rings.